The fraction of sp³-hybridized carbons (Fsp3) is 0.474. The number of aromatic nitrogens is 1. The Morgan fingerprint density at radius 2 is 2.08 bits per heavy atom. The van der Waals surface area contributed by atoms with E-state index >= 15 is 0 Å². The highest BCUT2D eigenvalue weighted by Gasteiger charge is 2.27. The number of hydrogen-bond acceptors (Lipinski definition) is 5. The molecule has 24 heavy (non-hydrogen) atoms. The summed E-state index contributed by atoms with van der Waals surface area (Å²) in [6, 6.07) is 9.42. The summed E-state index contributed by atoms with van der Waals surface area (Å²) in [4.78, 5) is 11.9. The Bertz CT molecular complexity index is 710. The summed E-state index contributed by atoms with van der Waals surface area (Å²) in [7, 11) is 0. The summed E-state index contributed by atoms with van der Waals surface area (Å²) >= 11 is 0. The molecular formula is C19H23NO4. The van der Waals surface area contributed by atoms with Crippen LogP contribution in [0.25, 0.3) is 0 Å². The molecule has 1 aromatic heterocycles. The Labute approximate surface area is 141 Å². The highest BCUT2D eigenvalue weighted by molar-refractivity contribution is 5.73. The number of rotatable bonds is 6. The second-order valence-corrected chi connectivity index (χ2v) is 7.19. The molecule has 0 radical (unpaired) electrons. The predicted molar refractivity (Wildman–Crippen MR) is 88.8 cm³/mol. The predicted octanol–water partition coefficient (Wildman–Crippen LogP) is 4.02. The van der Waals surface area contributed by atoms with Crippen LogP contribution in [0.3, 0.4) is 0 Å². The van der Waals surface area contributed by atoms with Crippen LogP contribution >= 0.6 is 0 Å². The Hall–Kier alpha value is -2.30. The van der Waals surface area contributed by atoms with Gasteiger partial charge in [0.25, 0.3) is 0 Å². The first-order valence-corrected chi connectivity index (χ1v) is 8.28. The van der Waals surface area contributed by atoms with Gasteiger partial charge in [-0.05, 0) is 51.3 Å². The van der Waals surface area contributed by atoms with E-state index in [0.29, 0.717) is 18.3 Å². The SMILES string of the molecule is CC(C)(C)OC(=O)Cc1cccc(OCc2cc(C3CC3)no2)c1. The molecule has 2 aromatic rings. The van der Waals surface area contributed by atoms with E-state index in [4.69, 9.17) is 14.0 Å². The summed E-state index contributed by atoms with van der Waals surface area (Å²) in [5.74, 6) is 1.73. The van der Waals surface area contributed by atoms with E-state index in [9.17, 15) is 4.79 Å². The number of benzene rings is 1. The van der Waals surface area contributed by atoms with Gasteiger partial charge in [-0.2, -0.15) is 0 Å². The molecule has 0 aliphatic heterocycles. The molecule has 0 unspecified atom stereocenters. The van der Waals surface area contributed by atoms with E-state index in [2.05, 4.69) is 5.16 Å². The number of hydrogen-bond donors (Lipinski definition) is 0. The molecular weight excluding hydrogens is 306 g/mol. The van der Waals surface area contributed by atoms with Crippen LogP contribution in [0, 0.1) is 0 Å². The van der Waals surface area contributed by atoms with Gasteiger partial charge >= 0.3 is 5.97 Å². The first-order chi connectivity index (χ1) is 11.4. The standard InChI is InChI=1S/C19H23NO4/c1-19(2,3)23-18(21)10-13-5-4-6-15(9-13)22-12-16-11-17(20-24-16)14-7-8-14/h4-6,9,11,14H,7-8,10,12H2,1-3H3. The maximum atomic E-state index is 11.9. The van der Waals surface area contributed by atoms with Crippen molar-refractivity contribution < 1.29 is 18.8 Å². The summed E-state index contributed by atoms with van der Waals surface area (Å²) in [5, 5.41) is 4.07. The molecule has 1 aliphatic rings. The molecule has 5 heteroatoms. The van der Waals surface area contributed by atoms with Crippen molar-refractivity contribution in [3.63, 3.8) is 0 Å². The van der Waals surface area contributed by atoms with Crippen LogP contribution in [0.2, 0.25) is 0 Å². The molecule has 1 aliphatic carbocycles. The average Bonchev–Trinajstić information content (AvgIpc) is 3.22. The third-order valence-electron chi connectivity index (χ3n) is 3.62. The molecule has 5 nitrogen and oxygen atoms in total. The monoisotopic (exact) mass is 329 g/mol. The van der Waals surface area contributed by atoms with Crippen molar-refractivity contribution in [1.82, 2.24) is 5.16 Å². The van der Waals surface area contributed by atoms with Crippen molar-refractivity contribution >= 4 is 5.97 Å². The maximum Gasteiger partial charge on any atom is 0.310 e. The minimum absolute atomic E-state index is 0.225. The van der Waals surface area contributed by atoms with Crippen molar-refractivity contribution in [2.24, 2.45) is 0 Å². The number of ether oxygens (including phenoxy) is 2. The first kappa shape index (κ1) is 16.6. The summed E-state index contributed by atoms with van der Waals surface area (Å²) < 4.78 is 16.4. The lowest BCUT2D eigenvalue weighted by molar-refractivity contribution is -0.153. The number of carbonyl (C=O) groups excluding carboxylic acids is 1. The Balaban J connectivity index is 1.55. The van der Waals surface area contributed by atoms with Gasteiger partial charge < -0.3 is 14.0 Å². The van der Waals surface area contributed by atoms with E-state index in [1.165, 1.54) is 12.8 Å². The van der Waals surface area contributed by atoms with Gasteiger partial charge in [-0.25, -0.2) is 0 Å². The van der Waals surface area contributed by atoms with Crippen LogP contribution in [0.1, 0.15) is 56.5 Å². The van der Waals surface area contributed by atoms with Crippen LogP contribution in [0.5, 0.6) is 5.75 Å². The van der Waals surface area contributed by atoms with E-state index < -0.39 is 5.60 Å². The zero-order valence-electron chi connectivity index (χ0n) is 14.4. The fourth-order valence-corrected chi connectivity index (χ4v) is 2.41. The molecule has 1 aromatic carbocycles. The lowest BCUT2D eigenvalue weighted by Gasteiger charge is -2.19. The highest BCUT2D eigenvalue weighted by Crippen LogP contribution is 2.39. The van der Waals surface area contributed by atoms with Gasteiger partial charge in [0.15, 0.2) is 5.76 Å². The zero-order chi connectivity index (χ0) is 17.2. The molecule has 0 saturated heterocycles. The summed E-state index contributed by atoms with van der Waals surface area (Å²) in [6.07, 6.45) is 2.61. The molecule has 0 bridgehead atoms. The minimum Gasteiger partial charge on any atom is -0.486 e. The Morgan fingerprint density at radius 3 is 2.79 bits per heavy atom. The van der Waals surface area contributed by atoms with Crippen LogP contribution in [0.15, 0.2) is 34.9 Å². The largest absolute Gasteiger partial charge is 0.486 e. The van der Waals surface area contributed by atoms with Gasteiger partial charge in [-0.1, -0.05) is 17.3 Å². The van der Waals surface area contributed by atoms with Gasteiger partial charge in [-0.3, -0.25) is 4.79 Å². The van der Waals surface area contributed by atoms with E-state index in [-0.39, 0.29) is 12.4 Å². The molecule has 3 rings (SSSR count). The van der Waals surface area contributed by atoms with E-state index in [1.807, 2.05) is 51.1 Å². The minimum atomic E-state index is -0.475. The van der Waals surface area contributed by atoms with Crippen LogP contribution < -0.4 is 4.74 Å². The normalized spacial score (nSPS) is 14.5. The lowest BCUT2D eigenvalue weighted by Crippen LogP contribution is -2.24. The topological polar surface area (TPSA) is 61.6 Å². The Morgan fingerprint density at radius 1 is 1.29 bits per heavy atom. The van der Waals surface area contributed by atoms with E-state index in [0.717, 1.165) is 17.0 Å². The highest BCUT2D eigenvalue weighted by atomic mass is 16.6. The number of nitrogens with zero attached hydrogens (tertiary/aromatic N) is 1. The summed E-state index contributed by atoms with van der Waals surface area (Å²) in [5.41, 5.74) is 1.40. The van der Waals surface area contributed by atoms with Gasteiger partial charge in [-0.15, -0.1) is 0 Å². The molecule has 0 N–H and O–H groups in total. The van der Waals surface area contributed by atoms with Crippen molar-refractivity contribution in [3.05, 3.63) is 47.3 Å². The van der Waals surface area contributed by atoms with Crippen molar-refractivity contribution in [1.29, 1.82) is 0 Å². The number of carbonyl (C=O) groups is 1. The molecule has 0 amide bonds. The smallest absolute Gasteiger partial charge is 0.310 e. The van der Waals surface area contributed by atoms with Crippen molar-refractivity contribution in [2.75, 3.05) is 0 Å². The lowest BCUT2D eigenvalue weighted by atomic mass is 10.1. The van der Waals surface area contributed by atoms with Crippen LogP contribution in [-0.2, 0) is 22.6 Å². The zero-order valence-corrected chi connectivity index (χ0v) is 14.4. The molecule has 128 valence electrons. The van der Waals surface area contributed by atoms with Crippen LogP contribution in [0.4, 0.5) is 0 Å². The second kappa shape index (κ2) is 6.67. The van der Waals surface area contributed by atoms with E-state index in [1.54, 1.807) is 0 Å². The second-order valence-electron chi connectivity index (χ2n) is 7.19. The molecule has 0 atom stereocenters. The Kier molecular flexibility index (Phi) is 4.60. The fourth-order valence-electron chi connectivity index (χ4n) is 2.41. The molecule has 1 fully saturated rings. The van der Waals surface area contributed by atoms with Crippen molar-refractivity contribution in [2.45, 2.75) is 58.2 Å². The van der Waals surface area contributed by atoms with Gasteiger partial charge in [0.1, 0.15) is 18.0 Å². The molecule has 0 spiro atoms. The van der Waals surface area contributed by atoms with Gasteiger partial charge in [0, 0.05) is 12.0 Å². The summed E-state index contributed by atoms with van der Waals surface area (Å²) in [6.45, 7) is 5.91. The first-order valence-electron chi connectivity index (χ1n) is 8.28. The quantitative estimate of drug-likeness (QED) is 0.749. The number of esters is 1. The maximum absolute atomic E-state index is 11.9. The third-order valence-corrected chi connectivity index (χ3v) is 3.62. The third kappa shape index (κ3) is 4.85. The van der Waals surface area contributed by atoms with Crippen LogP contribution in [-0.4, -0.2) is 16.7 Å². The molecule has 1 heterocycles. The molecule has 1 saturated carbocycles. The average molecular weight is 329 g/mol. The van der Waals surface area contributed by atoms with Crippen molar-refractivity contribution in [3.8, 4) is 5.75 Å². The van der Waals surface area contributed by atoms with Gasteiger partial charge in [0.2, 0.25) is 0 Å². The van der Waals surface area contributed by atoms with Gasteiger partial charge in [0.05, 0.1) is 12.1 Å².